The van der Waals surface area contributed by atoms with Crippen molar-refractivity contribution in [2.75, 3.05) is 31.1 Å². The third-order valence-electron chi connectivity index (χ3n) is 6.94. The SMILES string of the molecule is O=C(c1ccnc(Cl)c1)N1CC2(CCN(CC=Cc3ccc(F)cc3F)CC2)c2cc(F)ccc21. The minimum Gasteiger partial charge on any atom is -0.307 e. The topological polar surface area (TPSA) is 36.4 Å². The highest BCUT2D eigenvalue weighted by Gasteiger charge is 2.46. The fourth-order valence-corrected chi connectivity index (χ4v) is 5.24. The summed E-state index contributed by atoms with van der Waals surface area (Å²) in [7, 11) is 0. The van der Waals surface area contributed by atoms with E-state index < -0.39 is 11.6 Å². The minimum atomic E-state index is -0.603. The van der Waals surface area contributed by atoms with E-state index in [9.17, 15) is 18.0 Å². The number of pyridine rings is 1. The van der Waals surface area contributed by atoms with Crippen LogP contribution in [0.3, 0.4) is 0 Å². The van der Waals surface area contributed by atoms with Crippen molar-refractivity contribution in [3.63, 3.8) is 0 Å². The van der Waals surface area contributed by atoms with Crippen molar-refractivity contribution in [1.82, 2.24) is 9.88 Å². The maximum atomic E-state index is 14.3. The number of hydrogen-bond donors (Lipinski definition) is 0. The molecule has 0 unspecified atom stereocenters. The second kappa shape index (κ2) is 9.47. The Labute approximate surface area is 206 Å². The lowest BCUT2D eigenvalue weighted by Crippen LogP contribution is -2.46. The van der Waals surface area contributed by atoms with Crippen molar-refractivity contribution >= 4 is 29.3 Å². The van der Waals surface area contributed by atoms with Gasteiger partial charge in [0.25, 0.3) is 5.91 Å². The van der Waals surface area contributed by atoms with Crippen molar-refractivity contribution in [3.05, 3.63) is 100 Å². The summed E-state index contributed by atoms with van der Waals surface area (Å²) in [6.45, 7) is 2.57. The molecule has 4 nitrogen and oxygen atoms in total. The van der Waals surface area contributed by atoms with E-state index in [-0.39, 0.29) is 22.3 Å². The zero-order chi connectivity index (χ0) is 24.6. The largest absolute Gasteiger partial charge is 0.307 e. The molecular weight excluding hydrogens is 475 g/mol. The Bertz CT molecular complexity index is 1300. The monoisotopic (exact) mass is 497 g/mol. The van der Waals surface area contributed by atoms with E-state index >= 15 is 0 Å². The van der Waals surface area contributed by atoms with Crippen LogP contribution in [0.2, 0.25) is 5.15 Å². The number of halogens is 4. The summed E-state index contributed by atoms with van der Waals surface area (Å²) in [5, 5.41) is 0.242. The highest BCUT2D eigenvalue weighted by Crippen LogP contribution is 2.47. The van der Waals surface area contributed by atoms with Gasteiger partial charge in [0.2, 0.25) is 0 Å². The van der Waals surface area contributed by atoms with Gasteiger partial charge < -0.3 is 4.90 Å². The Kier molecular flexibility index (Phi) is 6.38. The van der Waals surface area contributed by atoms with Crippen LogP contribution in [0.1, 0.15) is 34.3 Å². The first kappa shape index (κ1) is 23.6. The number of amides is 1. The molecule has 0 N–H and O–H groups in total. The number of hydrogen-bond acceptors (Lipinski definition) is 3. The van der Waals surface area contributed by atoms with Crippen LogP contribution in [0, 0.1) is 17.5 Å². The molecule has 0 saturated carbocycles. The Hall–Kier alpha value is -3.16. The average molecular weight is 498 g/mol. The molecular formula is C27H23ClF3N3O. The maximum absolute atomic E-state index is 14.3. The van der Waals surface area contributed by atoms with Gasteiger partial charge in [0.1, 0.15) is 22.6 Å². The smallest absolute Gasteiger partial charge is 0.258 e. The molecule has 2 aromatic carbocycles. The fourth-order valence-electron chi connectivity index (χ4n) is 5.07. The van der Waals surface area contributed by atoms with Gasteiger partial charge >= 0.3 is 0 Å². The Morgan fingerprint density at radius 1 is 1.03 bits per heavy atom. The summed E-state index contributed by atoms with van der Waals surface area (Å²) in [5.41, 5.74) is 2.02. The summed E-state index contributed by atoms with van der Waals surface area (Å²) in [5.74, 6) is -1.71. The third kappa shape index (κ3) is 4.70. The first-order valence-electron chi connectivity index (χ1n) is 11.4. The van der Waals surface area contributed by atoms with Crippen LogP contribution in [0.15, 0.2) is 60.8 Å². The quantitative estimate of drug-likeness (QED) is 0.424. The molecule has 1 saturated heterocycles. The Morgan fingerprint density at radius 2 is 1.77 bits per heavy atom. The summed E-state index contributed by atoms with van der Waals surface area (Å²) in [4.78, 5) is 21.2. The molecule has 2 aliphatic heterocycles. The molecule has 1 aromatic heterocycles. The highest BCUT2D eigenvalue weighted by atomic mass is 35.5. The molecule has 0 atom stereocenters. The van der Waals surface area contributed by atoms with Crippen molar-refractivity contribution < 1.29 is 18.0 Å². The first-order valence-corrected chi connectivity index (χ1v) is 11.8. The van der Waals surface area contributed by atoms with Crippen LogP contribution in [-0.4, -0.2) is 42.0 Å². The van der Waals surface area contributed by atoms with Gasteiger partial charge in [0.15, 0.2) is 0 Å². The molecule has 35 heavy (non-hydrogen) atoms. The number of anilines is 1. The molecule has 1 spiro atoms. The first-order chi connectivity index (χ1) is 16.8. The second-order valence-electron chi connectivity index (χ2n) is 9.07. The van der Waals surface area contributed by atoms with Crippen molar-refractivity contribution in [3.8, 4) is 0 Å². The summed E-state index contributed by atoms with van der Waals surface area (Å²) in [6.07, 6.45) is 6.52. The maximum Gasteiger partial charge on any atom is 0.258 e. The van der Waals surface area contributed by atoms with Crippen molar-refractivity contribution in [1.29, 1.82) is 0 Å². The number of carbonyl (C=O) groups is 1. The van der Waals surface area contributed by atoms with E-state index in [1.807, 2.05) is 6.08 Å². The van der Waals surface area contributed by atoms with Gasteiger partial charge in [-0.15, -0.1) is 0 Å². The predicted octanol–water partition coefficient (Wildman–Crippen LogP) is 5.86. The second-order valence-corrected chi connectivity index (χ2v) is 9.46. The standard InChI is InChI=1S/C27H23ClF3N3O/c28-25-14-19(7-10-32-25)26(35)34-17-27(22-15-20(29)5-6-24(22)34)8-12-33(13-9-27)11-1-2-18-3-4-21(30)16-23(18)31/h1-7,10,14-16H,8-9,11-13,17H2. The molecule has 180 valence electrons. The predicted molar refractivity (Wildman–Crippen MR) is 130 cm³/mol. The van der Waals surface area contributed by atoms with E-state index in [2.05, 4.69) is 9.88 Å². The number of nitrogens with zero attached hydrogens (tertiary/aromatic N) is 3. The Morgan fingerprint density at radius 3 is 2.51 bits per heavy atom. The molecule has 5 rings (SSSR count). The number of fused-ring (bicyclic) bond motifs is 2. The molecule has 3 aromatic rings. The normalized spacial score (nSPS) is 17.3. The molecule has 0 radical (unpaired) electrons. The molecule has 1 fully saturated rings. The summed E-state index contributed by atoms with van der Waals surface area (Å²) < 4.78 is 41.2. The van der Waals surface area contributed by atoms with Crippen molar-refractivity contribution in [2.24, 2.45) is 0 Å². The molecule has 3 heterocycles. The highest BCUT2D eigenvalue weighted by molar-refractivity contribution is 6.29. The zero-order valence-corrected chi connectivity index (χ0v) is 19.6. The van der Waals surface area contributed by atoms with E-state index in [4.69, 9.17) is 11.6 Å². The van der Waals surface area contributed by atoms with Gasteiger partial charge in [0, 0.05) is 47.6 Å². The van der Waals surface area contributed by atoms with Crippen LogP contribution < -0.4 is 4.90 Å². The molecule has 0 bridgehead atoms. The molecule has 8 heteroatoms. The van der Waals surface area contributed by atoms with Gasteiger partial charge in [-0.05, 0) is 74.0 Å². The van der Waals surface area contributed by atoms with Crippen molar-refractivity contribution in [2.45, 2.75) is 18.3 Å². The lowest BCUT2D eigenvalue weighted by molar-refractivity contribution is 0.0977. The zero-order valence-electron chi connectivity index (χ0n) is 18.9. The lowest BCUT2D eigenvalue weighted by atomic mass is 9.74. The van der Waals surface area contributed by atoms with Crippen LogP contribution in [0.4, 0.5) is 18.9 Å². The fraction of sp³-hybridized carbons (Fsp3) is 0.259. The summed E-state index contributed by atoms with van der Waals surface area (Å²) in [6, 6.07) is 11.3. The van der Waals surface area contributed by atoms with Gasteiger partial charge in [-0.1, -0.05) is 23.8 Å². The van der Waals surface area contributed by atoms with Crippen LogP contribution in [0.25, 0.3) is 6.08 Å². The van der Waals surface area contributed by atoms with E-state index in [0.717, 1.165) is 43.2 Å². The number of benzene rings is 2. The van der Waals surface area contributed by atoms with E-state index in [1.165, 1.54) is 30.5 Å². The van der Waals surface area contributed by atoms with E-state index in [0.29, 0.717) is 24.2 Å². The molecule has 2 aliphatic rings. The van der Waals surface area contributed by atoms with Gasteiger partial charge in [-0.3, -0.25) is 9.69 Å². The number of carbonyl (C=O) groups excluding carboxylic acids is 1. The number of rotatable bonds is 4. The number of aromatic nitrogens is 1. The van der Waals surface area contributed by atoms with Gasteiger partial charge in [-0.2, -0.15) is 0 Å². The summed E-state index contributed by atoms with van der Waals surface area (Å²) >= 11 is 5.99. The van der Waals surface area contributed by atoms with Crippen LogP contribution in [-0.2, 0) is 5.41 Å². The van der Waals surface area contributed by atoms with Gasteiger partial charge in [0.05, 0.1) is 0 Å². The van der Waals surface area contributed by atoms with Gasteiger partial charge in [-0.25, -0.2) is 18.2 Å². The van der Waals surface area contributed by atoms with E-state index in [1.54, 1.807) is 29.2 Å². The van der Waals surface area contributed by atoms with Crippen LogP contribution >= 0.6 is 11.6 Å². The molecule has 0 aliphatic carbocycles. The number of likely N-dealkylation sites (tertiary alicyclic amines) is 1. The van der Waals surface area contributed by atoms with Crippen LogP contribution in [0.5, 0.6) is 0 Å². The Balaban J connectivity index is 1.31. The number of piperidine rings is 1. The molecule has 1 amide bonds. The lowest BCUT2D eigenvalue weighted by Gasteiger charge is -2.39. The third-order valence-corrected chi connectivity index (χ3v) is 7.14. The minimum absolute atomic E-state index is 0.189. The average Bonchev–Trinajstić information content (AvgIpc) is 3.14.